The van der Waals surface area contributed by atoms with E-state index in [9.17, 15) is 4.79 Å². The number of carbonyl (C=O) groups is 1. The van der Waals surface area contributed by atoms with Crippen LogP contribution >= 0.6 is 0 Å². The van der Waals surface area contributed by atoms with Crippen LogP contribution in [0.3, 0.4) is 0 Å². The van der Waals surface area contributed by atoms with Gasteiger partial charge in [0.05, 0.1) is 6.04 Å². The van der Waals surface area contributed by atoms with Crippen molar-refractivity contribution in [2.24, 2.45) is 7.05 Å². The van der Waals surface area contributed by atoms with Crippen molar-refractivity contribution < 1.29 is 4.79 Å². The minimum Gasteiger partial charge on any atom is -0.344 e. The van der Waals surface area contributed by atoms with Crippen molar-refractivity contribution in [3.63, 3.8) is 0 Å². The van der Waals surface area contributed by atoms with E-state index in [-0.39, 0.29) is 11.9 Å². The normalized spacial score (nSPS) is 16.0. The van der Waals surface area contributed by atoms with Crippen LogP contribution in [0.15, 0.2) is 48.9 Å². The number of carbonyl (C=O) groups excluding carboxylic acids is 1. The number of hydrogen-bond acceptors (Lipinski definition) is 4. The molecule has 1 N–H and O–H groups in total. The molecule has 0 unspecified atom stereocenters. The van der Waals surface area contributed by atoms with Crippen LogP contribution in [0.25, 0.3) is 11.4 Å². The zero-order chi connectivity index (χ0) is 16.5. The summed E-state index contributed by atoms with van der Waals surface area (Å²) in [5, 5.41) is 7.15. The van der Waals surface area contributed by atoms with Crippen LogP contribution in [0.1, 0.15) is 34.1 Å². The lowest BCUT2D eigenvalue weighted by atomic mass is 10.0. The number of fused-ring (bicyclic) bond motifs is 1. The highest BCUT2D eigenvalue weighted by molar-refractivity contribution is 5.92. The van der Waals surface area contributed by atoms with E-state index in [1.807, 2.05) is 6.07 Å². The molecule has 6 heteroatoms. The van der Waals surface area contributed by atoms with E-state index in [1.54, 1.807) is 42.5 Å². The molecule has 1 amide bonds. The molecule has 0 bridgehead atoms. The molecule has 3 aromatic rings. The average molecular weight is 319 g/mol. The van der Waals surface area contributed by atoms with Crippen LogP contribution in [-0.2, 0) is 13.5 Å². The molecule has 120 valence electrons. The lowest BCUT2D eigenvalue weighted by molar-refractivity contribution is 0.0927. The highest BCUT2D eigenvalue weighted by Crippen LogP contribution is 2.33. The van der Waals surface area contributed by atoms with E-state index in [2.05, 4.69) is 32.5 Å². The molecule has 1 aromatic carbocycles. The Morgan fingerprint density at radius 1 is 1.21 bits per heavy atom. The Balaban J connectivity index is 1.57. The predicted octanol–water partition coefficient (Wildman–Crippen LogP) is 2.29. The van der Waals surface area contributed by atoms with Gasteiger partial charge in [0.15, 0.2) is 5.82 Å². The van der Waals surface area contributed by atoms with E-state index in [4.69, 9.17) is 0 Å². The molecule has 6 nitrogen and oxygen atoms in total. The molecule has 0 saturated heterocycles. The molecule has 24 heavy (non-hydrogen) atoms. The van der Waals surface area contributed by atoms with Gasteiger partial charge >= 0.3 is 0 Å². The molecule has 2 heterocycles. The summed E-state index contributed by atoms with van der Waals surface area (Å²) < 4.78 is 1.58. The summed E-state index contributed by atoms with van der Waals surface area (Å²) in [7, 11) is 1.77. The minimum absolute atomic E-state index is 0.0353. The highest BCUT2D eigenvalue weighted by Gasteiger charge is 2.25. The first-order valence-electron chi connectivity index (χ1n) is 7.91. The molecule has 1 aliphatic carbocycles. The van der Waals surface area contributed by atoms with Crippen LogP contribution in [-0.4, -0.2) is 25.7 Å². The van der Waals surface area contributed by atoms with Crippen LogP contribution in [0.4, 0.5) is 0 Å². The van der Waals surface area contributed by atoms with Crippen molar-refractivity contribution in [1.82, 2.24) is 25.1 Å². The summed E-state index contributed by atoms with van der Waals surface area (Å²) in [5.74, 6) is 0.631. The molecule has 1 aliphatic rings. The van der Waals surface area contributed by atoms with E-state index in [1.165, 1.54) is 11.1 Å². The second kappa shape index (κ2) is 5.88. The van der Waals surface area contributed by atoms with Gasteiger partial charge in [-0.3, -0.25) is 9.48 Å². The van der Waals surface area contributed by atoms with Gasteiger partial charge in [-0.15, -0.1) is 0 Å². The number of nitrogens with zero attached hydrogens (tertiary/aromatic N) is 4. The van der Waals surface area contributed by atoms with Gasteiger partial charge < -0.3 is 5.32 Å². The largest absolute Gasteiger partial charge is 0.344 e. The Morgan fingerprint density at radius 2 is 2.04 bits per heavy atom. The fourth-order valence-corrected chi connectivity index (χ4v) is 3.18. The van der Waals surface area contributed by atoms with Crippen molar-refractivity contribution in [1.29, 1.82) is 0 Å². The highest BCUT2D eigenvalue weighted by atomic mass is 16.2. The first-order valence-corrected chi connectivity index (χ1v) is 7.91. The van der Waals surface area contributed by atoms with Gasteiger partial charge in [-0.1, -0.05) is 12.1 Å². The number of aryl methyl sites for hydroxylation is 2. The van der Waals surface area contributed by atoms with Gasteiger partial charge in [0, 0.05) is 31.2 Å². The number of amides is 1. The van der Waals surface area contributed by atoms with Crippen LogP contribution in [0, 0.1) is 0 Å². The predicted molar refractivity (Wildman–Crippen MR) is 89.2 cm³/mol. The number of aromatic nitrogens is 4. The first kappa shape index (κ1) is 14.6. The maximum atomic E-state index is 12.4. The number of hydrogen-bond donors (Lipinski definition) is 1. The summed E-state index contributed by atoms with van der Waals surface area (Å²) in [6, 6.07) is 9.78. The average Bonchev–Trinajstić information content (AvgIpc) is 3.21. The lowest BCUT2D eigenvalue weighted by Crippen LogP contribution is -2.28. The summed E-state index contributed by atoms with van der Waals surface area (Å²) in [5.41, 5.74) is 3.99. The Kier molecular flexibility index (Phi) is 3.57. The van der Waals surface area contributed by atoms with Gasteiger partial charge in [-0.25, -0.2) is 9.97 Å². The third-order valence-corrected chi connectivity index (χ3v) is 4.40. The summed E-state index contributed by atoms with van der Waals surface area (Å²) >= 11 is 0. The smallest absolute Gasteiger partial charge is 0.270 e. The molecule has 0 saturated carbocycles. The van der Waals surface area contributed by atoms with Crippen molar-refractivity contribution in [2.75, 3.05) is 0 Å². The minimum atomic E-state index is -0.0941. The van der Waals surface area contributed by atoms with Gasteiger partial charge in [0.1, 0.15) is 5.69 Å². The molecule has 2 aromatic heterocycles. The van der Waals surface area contributed by atoms with Gasteiger partial charge in [-0.05, 0) is 42.2 Å². The number of rotatable bonds is 3. The van der Waals surface area contributed by atoms with Crippen LogP contribution < -0.4 is 5.32 Å². The van der Waals surface area contributed by atoms with E-state index in [0.29, 0.717) is 5.69 Å². The summed E-state index contributed by atoms with van der Waals surface area (Å²) in [4.78, 5) is 21.0. The summed E-state index contributed by atoms with van der Waals surface area (Å²) in [6.07, 6.45) is 6.95. The molecule has 0 radical (unpaired) electrons. The third-order valence-electron chi connectivity index (χ3n) is 4.40. The Bertz CT molecular complexity index is 887. The van der Waals surface area contributed by atoms with E-state index < -0.39 is 0 Å². The quantitative estimate of drug-likeness (QED) is 0.804. The molecule has 0 spiro atoms. The fourth-order valence-electron chi connectivity index (χ4n) is 3.18. The van der Waals surface area contributed by atoms with Gasteiger partial charge in [0.25, 0.3) is 5.91 Å². The molecule has 0 fully saturated rings. The SMILES string of the molecule is Cn1nccc1C(=O)N[C@@H]1CCc2cc(-c3ncccn3)ccc21. The molecule has 1 atom stereocenters. The fraction of sp³-hybridized carbons (Fsp3) is 0.222. The zero-order valence-corrected chi connectivity index (χ0v) is 13.3. The molecular weight excluding hydrogens is 302 g/mol. The zero-order valence-electron chi connectivity index (χ0n) is 13.3. The molecular formula is C18H17N5O. The lowest BCUT2D eigenvalue weighted by Gasteiger charge is -2.14. The van der Waals surface area contributed by atoms with Crippen molar-refractivity contribution in [3.8, 4) is 11.4 Å². The standard InChI is InChI=1S/C18H17N5O/c1-23-16(7-10-21-23)18(24)22-15-6-4-12-11-13(3-5-14(12)15)17-19-8-2-9-20-17/h2-3,5,7-11,15H,4,6H2,1H3,(H,22,24)/t15-/m1/s1. The maximum absolute atomic E-state index is 12.4. The van der Waals surface area contributed by atoms with Crippen LogP contribution in [0.2, 0.25) is 0 Å². The number of nitrogens with one attached hydrogen (secondary N) is 1. The van der Waals surface area contributed by atoms with Crippen molar-refractivity contribution in [2.45, 2.75) is 18.9 Å². The monoisotopic (exact) mass is 319 g/mol. The third kappa shape index (κ3) is 2.56. The Morgan fingerprint density at radius 3 is 2.79 bits per heavy atom. The first-order chi connectivity index (χ1) is 11.7. The topological polar surface area (TPSA) is 72.7 Å². The van der Waals surface area contributed by atoms with E-state index >= 15 is 0 Å². The second-order valence-corrected chi connectivity index (χ2v) is 5.89. The molecule has 0 aliphatic heterocycles. The Hall–Kier alpha value is -3.02. The summed E-state index contributed by atoms with van der Waals surface area (Å²) in [6.45, 7) is 0. The van der Waals surface area contributed by atoms with Crippen LogP contribution in [0.5, 0.6) is 0 Å². The Labute approximate surface area is 139 Å². The van der Waals surface area contributed by atoms with Crippen molar-refractivity contribution in [3.05, 3.63) is 65.7 Å². The maximum Gasteiger partial charge on any atom is 0.270 e. The van der Waals surface area contributed by atoms with Gasteiger partial charge in [0.2, 0.25) is 0 Å². The molecule has 4 rings (SSSR count). The van der Waals surface area contributed by atoms with Gasteiger partial charge in [-0.2, -0.15) is 5.10 Å². The number of benzene rings is 1. The second-order valence-electron chi connectivity index (χ2n) is 5.89. The van der Waals surface area contributed by atoms with E-state index in [0.717, 1.165) is 24.2 Å². The van der Waals surface area contributed by atoms with Crippen molar-refractivity contribution >= 4 is 5.91 Å².